The minimum absolute atomic E-state index is 0.214. The Labute approximate surface area is 136 Å². The molecule has 1 aromatic carbocycles. The number of nitrogens with one attached hydrogen (secondary N) is 1. The molecule has 0 aromatic heterocycles. The zero-order chi connectivity index (χ0) is 17.1. The zero-order valence-electron chi connectivity index (χ0n) is 13.8. The largest absolute Gasteiger partial charge is 0.479 e. The van der Waals surface area contributed by atoms with Crippen LogP contribution in [0.4, 0.5) is 10.5 Å². The lowest BCUT2D eigenvalue weighted by atomic mass is 9.88. The SMILES string of the molecule is CC(C)(C)OC(=O)NC1(C(=O)O)CCCN(c2ccccc2)C1. The van der Waals surface area contributed by atoms with E-state index in [1.165, 1.54) is 0 Å². The minimum Gasteiger partial charge on any atom is -0.479 e. The van der Waals surface area contributed by atoms with Crippen LogP contribution in [0.3, 0.4) is 0 Å². The first-order chi connectivity index (χ1) is 10.7. The van der Waals surface area contributed by atoms with Gasteiger partial charge in [-0.25, -0.2) is 9.59 Å². The number of carboxylic acids is 1. The van der Waals surface area contributed by atoms with Crippen LogP contribution in [0.15, 0.2) is 30.3 Å². The quantitative estimate of drug-likeness (QED) is 0.895. The van der Waals surface area contributed by atoms with Crippen LogP contribution in [0.1, 0.15) is 33.6 Å². The van der Waals surface area contributed by atoms with Crippen LogP contribution in [0, 0.1) is 0 Å². The molecule has 2 rings (SSSR count). The molecule has 2 N–H and O–H groups in total. The Morgan fingerprint density at radius 1 is 1.26 bits per heavy atom. The van der Waals surface area contributed by atoms with Gasteiger partial charge in [-0.3, -0.25) is 0 Å². The van der Waals surface area contributed by atoms with Crippen molar-refractivity contribution in [2.24, 2.45) is 0 Å². The van der Waals surface area contributed by atoms with Gasteiger partial charge in [0.25, 0.3) is 0 Å². The maximum Gasteiger partial charge on any atom is 0.408 e. The number of amides is 1. The number of carbonyl (C=O) groups is 2. The molecule has 1 amide bonds. The molecular weight excluding hydrogens is 296 g/mol. The van der Waals surface area contributed by atoms with E-state index in [0.717, 1.165) is 12.2 Å². The first kappa shape index (κ1) is 17.1. The summed E-state index contributed by atoms with van der Waals surface area (Å²) < 4.78 is 5.22. The number of rotatable bonds is 3. The Bertz CT molecular complexity index is 568. The summed E-state index contributed by atoms with van der Waals surface area (Å²) in [6, 6.07) is 9.61. The van der Waals surface area contributed by atoms with E-state index in [2.05, 4.69) is 5.32 Å². The van der Waals surface area contributed by atoms with Gasteiger partial charge < -0.3 is 20.1 Å². The lowest BCUT2D eigenvalue weighted by Gasteiger charge is -2.41. The van der Waals surface area contributed by atoms with Gasteiger partial charge in [0.2, 0.25) is 0 Å². The molecule has 0 spiro atoms. The van der Waals surface area contributed by atoms with Crippen LogP contribution in [-0.2, 0) is 9.53 Å². The maximum absolute atomic E-state index is 12.1. The van der Waals surface area contributed by atoms with Crippen molar-refractivity contribution in [3.05, 3.63) is 30.3 Å². The molecule has 1 aliphatic heterocycles. The third kappa shape index (κ3) is 4.37. The highest BCUT2D eigenvalue weighted by molar-refractivity contribution is 5.85. The molecule has 1 heterocycles. The average molecular weight is 320 g/mol. The summed E-state index contributed by atoms with van der Waals surface area (Å²) in [7, 11) is 0. The van der Waals surface area contributed by atoms with Gasteiger partial charge in [0, 0.05) is 12.2 Å². The number of benzene rings is 1. The second kappa shape index (κ2) is 6.48. The summed E-state index contributed by atoms with van der Waals surface area (Å²) in [5.41, 5.74) is -1.06. The van der Waals surface area contributed by atoms with Crippen LogP contribution in [0.5, 0.6) is 0 Å². The molecule has 126 valence electrons. The third-order valence-corrected chi connectivity index (χ3v) is 3.76. The molecular formula is C17H24N2O4. The number of carboxylic acid groups (broad SMARTS) is 1. The van der Waals surface area contributed by atoms with Crippen LogP contribution in [0.25, 0.3) is 0 Å². The van der Waals surface area contributed by atoms with Gasteiger partial charge in [0.05, 0.1) is 6.54 Å². The van der Waals surface area contributed by atoms with Crippen LogP contribution in [0.2, 0.25) is 0 Å². The minimum atomic E-state index is -1.34. The number of piperidine rings is 1. The lowest BCUT2D eigenvalue weighted by Crippen LogP contribution is -2.64. The highest BCUT2D eigenvalue weighted by Gasteiger charge is 2.44. The van der Waals surface area contributed by atoms with E-state index in [9.17, 15) is 14.7 Å². The normalized spacial score (nSPS) is 21.6. The molecule has 6 nitrogen and oxygen atoms in total. The van der Waals surface area contributed by atoms with Crippen molar-refractivity contribution in [1.82, 2.24) is 5.32 Å². The monoisotopic (exact) mass is 320 g/mol. The predicted octanol–water partition coefficient (Wildman–Crippen LogP) is 2.63. The predicted molar refractivity (Wildman–Crippen MR) is 87.6 cm³/mol. The summed E-state index contributed by atoms with van der Waals surface area (Å²) in [4.78, 5) is 25.9. The molecule has 1 saturated heterocycles. The van der Waals surface area contributed by atoms with E-state index in [4.69, 9.17) is 4.74 Å². The summed E-state index contributed by atoms with van der Waals surface area (Å²) in [6.45, 7) is 6.21. The molecule has 1 aromatic rings. The first-order valence-electron chi connectivity index (χ1n) is 7.76. The summed E-state index contributed by atoms with van der Waals surface area (Å²) in [5, 5.41) is 12.3. The molecule has 0 bridgehead atoms. The fourth-order valence-corrected chi connectivity index (χ4v) is 2.74. The molecule has 6 heteroatoms. The van der Waals surface area contributed by atoms with Crippen molar-refractivity contribution < 1.29 is 19.4 Å². The molecule has 0 saturated carbocycles. The Balaban J connectivity index is 2.16. The van der Waals surface area contributed by atoms with E-state index < -0.39 is 23.2 Å². The van der Waals surface area contributed by atoms with Crippen LogP contribution in [-0.4, -0.2) is 41.4 Å². The third-order valence-electron chi connectivity index (χ3n) is 3.76. The molecule has 1 fully saturated rings. The van der Waals surface area contributed by atoms with Gasteiger partial charge in [-0.1, -0.05) is 18.2 Å². The van der Waals surface area contributed by atoms with E-state index in [1.54, 1.807) is 20.8 Å². The van der Waals surface area contributed by atoms with Gasteiger partial charge in [-0.2, -0.15) is 0 Å². The fraction of sp³-hybridized carbons (Fsp3) is 0.529. The maximum atomic E-state index is 12.1. The van der Waals surface area contributed by atoms with Crippen molar-refractivity contribution in [3.8, 4) is 0 Å². The van der Waals surface area contributed by atoms with Crippen molar-refractivity contribution in [3.63, 3.8) is 0 Å². The lowest BCUT2D eigenvalue weighted by molar-refractivity contribution is -0.145. The van der Waals surface area contributed by atoms with Crippen molar-refractivity contribution in [2.75, 3.05) is 18.0 Å². The average Bonchev–Trinajstić information content (AvgIpc) is 2.46. The van der Waals surface area contributed by atoms with E-state index in [-0.39, 0.29) is 6.54 Å². The van der Waals surface area contributed by atoms with Crippen LogP contribution < -0.4 is 10.2 Å². The Kier molecular flexibility index (Phi) is 4.82. The summed E-state index contributed by atoms with van der Waals surface area (Å²) >= 11 is 0. The number of ether oxygens (including phenoxy) is 1. The van der Waals surface area contributed by atoms with E-state index >= 15 is 0 Å². The Morgan fingerprint density at radius 2 is 1.91 bits per heavy atom. The van der Waals surface area contributed by atoms with E-state index in [0.29, 0.717) is 12.8 Å². The smallest absolute Gasteiger partial charge is 0.408 e. The summed E-state index contributed by atoms with van der Waals surface area (Å²) in [6.07, 6.45) is 0.358. The number of para-hydroxylation sites is 1. The highest BCUT2D eigenvalue weighted by Crippen LogP contribution is 2.27. The molecule has 1 unspecified atom stereocenters. The number of hydrogen-bond acceptors (Lipinski definition) is 4. The zero-order valence-corrected chi connectivity index (χ0v) is 13.8. The summed E-state index contributed by atoms with van der Waals surface area (Å²) in [5.74, 6) is -1.04. The number of alkyl carbamates (subject to hydrolysis) is 1. The number of nitrogens with zero attached hydrogens (tertiary/aromatic N) is 1. The van der Waals surface area contributed by atoms with Gasteiger partial charge in [-0.05, 0) is 45.7 Å². The Morgan fingerprint density at radius 3 is 2.48 bits per heavy atom. The van der Waals surface area contributed by atoms with Gasteiger partial charge in [0.15, 0.2) is 5.54 Å². The van der Waals surface area contributed by atoms with E-state index in [1.807, 2.05) is 35.2 Å². The van der Waals surface area contributed by atoms with Gasteiger partial charge in [-0.15, -0.1) is 0 Å². The number of hydrogen-bond donors (Lipinski definition) is 2. The van der Waals surface area contributed by atoms with Crippen molar-refractivity contribution in [1.29, 1.82) is 0 Å². The fourth-order valence-electron chi connectivity index (χ4n) is 2.74. The number of anilines is 1. The van der Waals surface area contributed by atoms with Gasteiger partial charge >= 0.3 is 12.1 Å². The molecule has 1 aliphatic rings. The first-order valence-corrected chi connectivity index (χ1v) is 7.76. The second-order valence-electron chi connectivity index (χ2n) is 6.87. The topological polar surface area (TPSA) is 78.9 Å². The van der Waals surface area contributed by atoms with Gasteiger partial charge in [0.1, 0.15) is 5.60 Å². The molecule has 0 radical (unpaired) electrons. The second-order valence-corrected chi connectivity index (χ2v) is 6.87. The molecule has 0 aliphatic carbocycles. The highest BCUT2D eigenvalue weighted by atomic mass is 16.6. The van der Waals surface area contributed by atoms with Crippen molar-refractivity contribution in [2.45, 2.75) is 44.8 Å². The standard InChI is InChI=1S/C17H24N2O4/c1-16(2,3)23-15(22)18-17(14(20)21)10-7-11-19(12-17)13-8-5-4-6-9-13/h4-6,8-9H,7,10-12H2,1-3H3,(H,18,22)(H,20,21). The Hall–Kier alpha value is -2.24. The molecule has 23 heavy (non-hydrogen) atoms. The van der Waals surface area contributed by atoms with Crippen molar-refractivity contribution >= 4 is 17.7 Å². The van der Waals surface area contributed by atoms with Crippen LogP contribution >= 0.6 is 0 Å². The number of carbonyl (C=O) groups excluding carboxylic acids is 1. The number of aliphatic carboxylic acids is 1. The molecule has 1 atom stereocenters.